The van der Waals surface area contributed by atoms with E-state index in [1.165, 1.54) is 50.6 Å². The van der Waals surface area contributed by atoms with Gasteiger partial charge in [-0.25, -0.2) is 0 Å². The van der Waals surface area contributed by atoms with Crippen LogP contribution in [0.3, 0.4) is 0 Å². The van der Waals surface area contributed by atoms with E-state index in [0.29, 0.717) is 18.4 Å². The lowest BCUT2D eigenvalue weighted by Gasteiger charge is -2.33. The average Bonchev–Trinajstić information content (AvgIpc) is 3.04. The van der Waals surface area contributed by atoms with Crippen molar-refractivity contribution < 1.29 is 4.79 Å². The Balaban J connectivity index is 1.25. The molecule has 1 atom stereocenters. The molecule has 3 fully saturated rings. The lowest BCUT2D eigenvalue weighted by atomic mass is 9.94. The van der Waals surface area contributed by atoms with Gasteiger partial charge in [-0.05, 0) is 43.7 Å². The Morgan fingerprint density at radius 1 is 0.852 bits per heavy atom. The fraction of sp³-hybridized carbons (Fsp3) is 0.696. The van der Waals surface area contributed by atoms with Crippen molar-refractivity contribution in [1.29, 1.82) is 0 Å². The molecule has 0 spiro atoms. The molecule has 0 N–H and O–H groups in total. The van der Waals surface area contributed by atoms with Gasteiger partial charge < -0.3 is 4.90 Å². The van der Waals surface area contributed by atoms with Crippen molar-refractivity contribution in [2.75, 3.05) is 45.8 Å². The van der Waals surface area contributed by atoms with Gasteiger partial charge in [0.25, 0.3) is 0 Å². The number of carbonyl (C=O) groups excluding carboxylic acids is 1. The fourth-order valence-electron chi connectivity index (χ4n) is 5.26. The number of nitrogens with zero attached hydrogens (tertiary/aromatic N) is 3. The van der Waals surface area contributed by atoms with Crippen molar-refractivity contribution in [3.8, 4) is 0 Å². The lowest BCUT2D eigenvalue weighted by Crippen LogP contribution is -2.43. The van der Waals surface area contributed by atoms with Gasteiger partial charge in [0.2, 0.25) is 5.91 Å². The maximum absolute atomic E-state index is 12.9. The summed E-state index contributed by atoms with van der Waals surface area (Å²) in [4.78, 5) is 20.1. The maximum Gasteiger partial charge on any atom is 0.236 e. The molecule has 0 radical (unpaired) electrons. The third kappa shape index (κ3) is 4.91. The summed E-state index contributed by atoms with van der Waals surface area (Å²) in [7, 11) is 0. The zero-order valence-corrected chi connectivity index (χ0v) is 16.7. The number of likely N-dealkylation sites (tertiary alicyclic amines) is 1. The summed E-state index contributed by atoms with van der Waals surface area (Å²) >= 11 is 0. The van der Waals surface area contributed by atoms with Crippen molar-refractivity contribution >= 4 is 5.91 Å². The van der Waals surface area contributed by atoms with E-state index in [4.69, 9.17) is 0 Å². The molecule has 1 aromatic carbocycles. The predicted molar refractivity (Wildman–Crippen MR) is 110 cm³/mol. The summed E-state index contributed by atoms with van der Waals surface area (Å²) in [5.41, 5.74) is 1.42. The van der Waals surface area contributed by atoms with E-state index in [1.54, 1.807) is 0 Å². The topological polar surface area (TPSA) is 26.8 Å². The molecule has 4 nitrogen and oxygen atoms in total. The molecular formula is C23H35N3O. The van der Waals surface area contributed by atoms with E-state index in [1.807, 2.05) is 0 Å². The molecule has 0 unspecified atom stereocenters. The lowest BCUT2D eigenvalue weighted by molar-refractivity contribution is -0.132. The maximum atomic E-state index is 12.9. The first-order valence-electron chi connectivity index (χ1n) is 11.1. The van der Waals surface area contributed by atoms with Crippen LogP contribution in [0, 0.1) is 0 Å². The Bertz CT molecular complexity index is 599. The Labute approximate surface area is 164 Å². The van der Waals surface area contributed by atoms with E-state index in [9.17, 15) is 4.79 Å². The van der Waals surface area contributed by atoms with E-state index < -0.39 is 0 Å². The molecular weight excluding hydrogens is 334 g/mol. The number of hydrogen-bond donors (Lipinski definition) is 0. The van der Waals surface area contributed by atoms with Crippen molar-refractivity contribution in [2.24, 2.45) is 0 Å². The van der Waals surface area contributed by atoms with Crippen LogP contribution in [0.25, 0.3) is 0 Å². The van der Waals surface area contributed by atoms with E-state index in [-0.39, 0.29) is 0 Å². The van der Waals surface area contributed by atoms with Gasteiger partial charge in [0.1, 0.15) is 0 Å². The van der Waals surface area contributed by atoms with Crippen LogP contribution in [0.1, 0.15) is 56.4 Å². The van der Waals surface area contributed by atoms with Crippen LogP contribution in [0.2, 0.25) is 0 Å². The second-order valence-corrected chi connectivity index (χ2v) is 8.69. The van der Waals surface area contributed by atoms with Crippen LogP contribution in [0.4, 0.5) is 0 Å². The number of rotatable bonds is 4. The molecule has 27 heavy (non-hydrogen) atoms. The van der Waals surface area contributed by atoms with Crippen LogP contribution >= 0.6 is 0 Å². The molecule has 1 saturated carbocycles. The first-order valence-corrected chi connectivity index (χ1v) is 11.1. The van der Waals surface area contributed by atoms with Crippen LogP contribution in [0.5, 0.6) is 0 Å². The van der Waals surface area contributed by atoms with E-state index >= 15 is 0 Å². The minimum absolute atomic E-state index is 0.342. The fourth-order valence-corrected chi connectivity index (χ4v) is 5.26. The molecule has 3 aliphatic rings. The summed E-state index contributed by atoms with van der Waals surface area (Å²) in [6, 6.07) is 11.6. The second-order valence-electron chi connectivity index (χ2n) is 8.69. The highest BCUT2D eigenvalue weighted by atomic mass is 16.2. The number of hydrogen-bond acceptors (Lipinski definition) is 3. The Morgan fingerprint density at radius 3 is 2.48 bits per heavy atom. The number of benzene rings is 1. The van der Waals surface area contributed by atoms with Crippen molar-refractivity contribution in [1.82, 2.24) is 14.7 Å². The molecule has 2 heterocycles. The zero-order chi connectivity index (χ0) is 18.5. The van der Waals surface area contributed by atoms with Crippen molar-refractivity contribution in [3.63, 3.8) is 0 Å². The summed E-state index contributed by atoms with van der Waals surface area (Å²) in [5, 5.41) is 0. The number of carbonyl (C=O) groups is 1. The van der Waals surface area contributed by atoms with Gasteiger partial charge in [0.15, 0.2) is 0 Å². The first-order chi connectivity index (χ1) is 13.3. The average molecular weight is 370 g/mol. The highest BCUT2D eigenvalue weighted by Crippen LogP contribution is 2.27. The molecule has 1 amide bonds. The van der Waals surface area contributed by atoms with Crippen LogP contribution in [-0.2, 0) is 4.79 Å². The van der Waals surface area contributed by atoms with Gasteiger partial charge in [-0.1, -0.05) is 49.6 Å². The summed E-state index contributed by atoms with van der Waals surface area (Å²) in [6.07, 6.45) is 9.23. The molecule has 0 bridgehead atoms. The first kappa shape index (κ1) is 18.9. The van der Waals surface area contributed by atoms with Gasteiger partial charge in [-0.3, -0.25) is 14.6 Å². The van der Waals surface area contributed by atoms with Gasteiger partial charge in [-0.15, -0.1) is 0 Å². The van der Waals surface area contributed by atoms with Crippen LogP contribution < -0.4 is 0 Å². The van der Waals surface area contributed by atoms with E-state index in [2.05, 4.69) is 45.0 Å². The predicted octanol–water partition coefficient (Wildman–Crippen LogP) is 3.34. The third-order valence-electron chi connectivity index (χ3n) is 6.88. The van der Waals surface area contributed by atoms with Gasteiger partial charge in [0.05, 0.1) is 6.54 Å². The Morgan fingerprint density at radius 2 is 1.67 bits per heavy atom. The second kappa shape index (κ2) is 9.20. The third-order valence-corrected chi connectivity index (χ3v) is 6.88. The highest BCUT2D eigenvalue weighted by molar-refractivity contribution is 5.78. The highest BCUT2D eigenvalue weighted by Gasteiger charge is 2.28. The molecule has 4 rings (SSSR count). The molecule has 2 saturated heterocycles. The normalized spacial score (nSPS) is 26.2. The summed E-state index contributed by atoms with van der Waals surface area (Å²) in [6.45, 7) is 6.79. The monoisotopic (exact) mass is 369 g/mol. The molecule has 4 heteroatoms. The Hall–Kier alpha value is -1.39. The van der Waals surface area contributed by atoms with Crippen molar-refractivity contribution in [2.45, 2.75) is 56.9 Å². The van der Waals surface area contributed by atoms with Crippen LogP contribution in [-0.4, -0.2) is 72.5 Å². The minimum atomic E-state index is 0.342. The smallest absolute Gasteiger partial charge is 0.236 e. The minimum Gasteiger partial charge on any atom is -0.340 e. The SMILES string of the molecule is O=C(CN1CC[C@@H](c2ccccc2)C1)N1CCCN(C2CCCCC2)CC1. The summed E-state index contributed by atoms with van der Waals surface area (Å²) < 4.78 is 0. The standard InChI is InChI=1S/C23H35N3O/c27-23(19-24-15-12-21(18-24)20-8-3-1-4-9-20)26-14-7-13-25(16-17-26)22-10-5-2-6-11-22/h1,3-4,8-9,21-22H,2,5-7,10-19H2/t21-/m1/s1. The Kier molecular flexibility index (Phi) is 6.46. The quantitative estimate of drug-likeness (QED) is 0.814. The largest absolute Gasteiger partial charge is 0.340 e. The summed E-state index contributed by atoms with van der Waals surface area (Å²) in [5.74, 6) is 0.930. The molecule has 2 aliphatic heterocycles. The number of amides is 1. The molecule has 1 aromatic rings. The molecule has 148 valence electrons. The molecule has 0 aromatic heterocycles. The van der Waals surface area contributed by atoms with Crippen molar-refractivity contribution in [3.05, 3.63) is 35.9 Å². The van der Waals surface area contributed by atoms with Gasteiger partial charge in [0, 0.05) is 38.8 Å². The molecule has 1 aliphatic carbocycles. The van der Waals surface area contributed by atoms with E-state index in [0.717, 1.165) is 45.2 Å². The zero-order valence-electron chi connectivity index (χ0n) is 16.7. The van der Waals surface area contributed by atoms with Crippen LogP contribution in [0.15, 0.2) is 30.3 Å². The van der Waals surface area contributed by atoms with Gasteiger partial charge >= 0.3 is 0 Å². The van der Waals surface area contributed by atoms with Gasteiger partial charge in [-0.2, -0.15) is 0 Å².